The fourth-order valence-corrected chi connectivity index (χ4v) is 3.61. The number of carbonyl (C=O) groups excluding carboxylic acids is 2. The second-order valence-corrected chi connectivity index (χ2v) is 8.51. The predicted octanol–water partition coefficient (Wildman–Crippen LogP) is 3.81. The van der Waals surface area contributed by atoms with Gasteiger partial charge in [0.1, 0.15) is 17.7 Å². The third kappa shape index (κ3) is 6.70. The number of anilines is 1. The van der Waals surface area contributed by atoms with Crippen molar-refractivity contribution in [3.8, 4) is 10.6 Å². The average molecular weight is 439 g/mol. The minimum atomic E-state index is -0.709. The molecule has 3 aromatic rings. The van der Waals surface area contributed by atoms with Crippen LogP contribution in [-0.4, -0.2) is 34.7 Å². The molecule has 1 aromatic heterocycles. The molecule has 3 rings (SSSR count). The number of amides is 2. The number of benzene rings is 2. The third-order valence-electron chi connectivity index (χ3n) is 4.56. The van der Waals surface area contributed by atoms with Crippen LogP contribution in [0.1, 0.15) is 25.0 Å². The lowest BCUT2D eigenvalue weighted by Gasteiger charge is -2.21. The number of nitrogens with one attached hydrogen (secondary N) is 2. The summed E-state index contributed by atoms with van der Waals surface area (Å²) in [6.07, 6.45) is 0. The van der Waals surface area contributed by atoms with Crippen molar-refractivity contribution >= 4 is 28.3 Å². The topological polar surface area (TPSA) is 93.2 Å². The highest BCUT2D eigenvalue weighted by Gasteiger charge is 2.25. The van der Waals surface area contributed by atoms with Crippen LogP contribution < -0.4 is 10.6 Å². The normalized spacial score (nSPS) is 11.9. The summed E-state index contributed by atoms with van der Waals surface area (Å²) in [5.74, 6) is -0.789. The molecule has 1 unspecified atom stereocenters. The minimum absolute atomic E-state index is 0.109. The highest BCUT2D eigenvalue weighted by molar-refractivity contribution is 7.18. The smallest absolute Gasteiger partial charge is 0.249 e. The first kappa shape index (κ1) is 22.6. The molecular formula is C23H26N4O3S. The van der Waals surface area contributed by atoms with Crippen LogP contribution in [0, 0.1) is 12.8 Å². The molecule has 1 atom stereocenters. The largest absolute Gasteiger partial charge is 0.367 e. The van der Waals surface area contributed by atoms with Gasteiger partial charge in [0.25, 0.3) is 0 Å². The van der Waals surface area contributed by atoms with Crippen molar-refractivity contribution in [1.82, 2.24) is 15.5 Å². The number of nitrogens with zero attached hydrogens (tertiary/aromatic N) is 2. The number of hydrogen-bond donors (Lipinski definition) is 2. The molecule has 2 N–H and O–H groups in total. The maximum absolute atomic E-state index is 12.7. The summed E-state index contributed by atoms with van der Waals surface area (Å²) in [6.45, 7) is 5.96. The first-order chi connectivity index (χ1) is 14.9. The molecule has 7 nitrogen and oxygen atoms in total. The molecule has 0 spiro atoms. The summed E-state index contributed by atoms with van der Waals surface area (Å²) in [4.78, 5) is 25.0. The quantitative estimate of drug-likeness (QED) is 0.530. The molecule has 0 bridgehead atoms. The molecule has 2 amide bonds. The second kappa shape index (κ2) is 10.8. The SMILES string of the molecule is Cc1ccc(-c2nnc(NC(=O)C(NC(=O)COCc3ccccc3)C(C)C)s2)cc1. The molecule has 0 saturated carbocycles. The van der Waals surface area contributed by atoms with Gasteiger partial charge in [0.15, 0.2) is 0 Å². The van der Waals surface area contributed by atoms with Crippen LogP contribution >= 0.6 is 11.3 Å². The van der Waals surface area contributed by atoms with Gasteiger partial charge in [-0.3, -0.25) is 14.9 Å². The Bertz CT molecular complexity index is 1000. The number of ether oxygens (including phenoxy) is 1. The molecule has 0 aliphatic heterocycles. The fourth-order valence-electron chi connectivity index (χ4n) is 2.86. The van der Waals surface area contributed by atoms with Gasteiger partial charge < -0.3 is 10.1 Å². The van der Waals surface area contributed by atoms with E-state index < -0.39 is 6.04 Å². The van der Waals surface area contributed by atoms with E-state index in [4.69, 9.17) is 4.74 Å². The van der Waals surface area contributed by atoms with Gasteiger partial charge in [-0.05, 0) is 18.4 Å². The van der Waals surface area contributed by atoms with Crippen LogP contribution in [0.4, 0.5) is 5.13 Å². The van der Waals surface area contributed by atoms with Crippen LogP contribution in [0.15, 0.2) is 54.6 Å². The number of rotatable bonds is 9. The van der Waals surface area contributed by atoms with Crippen LogP contribution in [0.5, 0.6) is 0 Å². The van der Waals surface area contributed by atoms with Crippen molar-refractivity contribution in [2.24, 2.45) is 5.92 Å². The van der Waals surface area contributed by atoms with E-state index in [1.807, 2.05) is 75.4 Å². The Balaban J connectivity index is 1.54. The highest BCUT2D eigenvalue weighted by atomic mass is 32.1. The van der Waals surface area contributed by atoms with Crippen LogP contribution in [0.3, 0.4) is 0 Å². The Labute approximate surface area is 185 Å². The zero-order chi connectivity index (χ0) is 22.2. The molecule has 1 heterocycles. The Hall–Kier alpha value is -3.10. The summed E-state index contributed by atoms with van der Waals surface area (Å²) in [7, 11) is 0. The molecule has 0 radical (unpaired) electrons. The van der Waals surface area contributed by atoms with Gasteiger partial charge >= 0.3 is 0 Å². The van der Waals surface area contributed by atoms with Crippen molar-refractivity contribution in [1.29, 1.82) is 0 Å². The van der Waals surface area contributed by atoms with Crippen molar-refractivity contribution in [2.75, 3.05) is 11.9 Å². The standard InChI is InChI=1S/C23H26N4O3S/c1-15(2)20(24-19(28)14-30-13-17-7-5-4-6-8-17)21(29)25-23-27-26-22(31-23)18-11-9-16(3)10-12-18/h4-12,15,20H,13-14H2,1-3H3,(H,24,28)(H,25,27,29). The molecule has 2 aromatic carbocycles. The maximum atomic E-state index is 12.7. The van der Waals surface area contributed by atoms with E-state index in [-0.39, 0.29) is 24.3 Å². The van der Waals surface area contributed by atoms with Crippen LogP contribution in [-0.2, 0) is 20.9 Å². The van der Waals surface area contributed by atoms with Crippen LogP contribution in [0.2, 0.25) is 0 Å². The number of hydrogen-bond acceptors (Lipinski definition) is 6. The monoisotopic (exact) mass is 438 g/mol. The summed E-state index contributed by atoms with van der Waals surface area (Å²) in [5, 5.41) is 14.8. The molecule has 0 saturated heterocycles. The molecule has 0 aliphatic rings. The molecular weight excluding hydrogens is 412 g/mol. The van der Waals surface area contributed by atoms with Crippen molar-refractivity contribution < 1.29 is 14.3 Å². The predicted molar refractivity (Wildman–Crippen MR) is 122 cm³/mol. The lowest BCUT2D eigenvalue weighted by Crippen LogP contribution is -2.48. The van der Waals surface area contributed by atoms with E-state index >= 15 is 0 Å². The van der Waals surface area contributed by atoms with Gasteiger partial charge in [-0.15, -0.1) is 10.2 Å². The third-order valence-corrected chi connectivity index (χ3v) is 5.45. The van der Waals surface area contributed by atoms with E-state index in [1.54, 1.807) is 0 Å². The summed E-state index contributed by atoms with van der Waals surface area (Å²) in [5.41, 5.74) is 3.08. The van der Waals surface area contributed by atoms with Crippen molar-refractivity contribution in [3.05, 3.63) is 65.7 Å². The van der Waals surface area contributed by atoms with E-state index in [2.05, 4.69) is 20.8 Å². The maximum Gasteiger partial charge on any atom is 0.249 e. The van der Waals surface area contributed by atoms with Crippen LogP contribution in [0.25, 0.3) is 10.6 Å². The number of carbonyl (C=O) groups is 2. The van der Waals surface area contributed by atoms with Gasteiger partial charge in [0.05, 0.1) is 6.61 Å². The number of aryl methyl sites for hydroxylation is 1. The second-order valence-electron chi connectivity index (χ2n) is 7.54. The first-order valence-electron chi connectivity index (χ1n) is 10.0. The minimum Gasteiger partial charge on any atom is -0.367 e. The van der Waals surface area contributed by atoms with Crippen molar-refractivity contribution in [2.45, 2.75) is 33.4 Å². The Morgan fingerprint density at radius 3 is 2.42 bits per heavy atom. The zero-order valence-electron chi connectivity index (χ0n) is 17.8. The summed E-state index contributed by atoms with van der Waals surface area (Å²) in [6, 6.07) is 16.8. The van der Waals surface area contributed by atoms with E-state index in [0.29, 0.717) is 11.7 Å². The summed E-state index contributed by atoms with van der Waals surface area (Å²) >= 11 is 1.29. The Morgan fingerprint density at radius 2 is 1.74 bits per heavy atom. The van der Waals surface area contributed by atoms with Gasteiger partial charge in [-0.25, -0.2) is 0 Å². The zero-order valence-corrected chi connectivity index (χ0v) is 18.6. The van der Waals surface area contributed by atoms with E-state index in [9.17, 15) is 9.59 Å². The Morgan fingerprint density at radius 1 is 1.03 bits per heavy atom. The van der Waals surface area contributed by atoms with Gasteiger partial charge in [0.2, 0.25) is 16.9 Å². The first-order valence-corrected chi connectivity index (χ1v) is 10.9. The Kier molecular flexibility index (Phi) is 7.86. The van der Waals surface area contributed by atoms with Gasteiger partial charge in [0, 0.05) is 5.56 Å². The van der Waals surface area contributed by atoms with Gasteiger partial charge in [-0.2, -0.15) is 0 Å². The van der Waals surface area contributed by atoms with E-state index in [1.165, 1.54) is 11.3 Å². The average Bonchev–Trinajstić information content (AvgIpc) is 3.21. The molecule has 8 heteroatoms. The molecule has 0 fully saturated rings. The van der Waals surface area contributed by atoms with Crippen molar-refractivity contribution in [3.63, 3.8) is 0 Å². The fraction of sp³-hybridized carbons (Fsp3) is 0.304. The number of aromatic nitrogens is 2. The molecule has 162 valence electrons. The lowest BCUT2D eigenvalue weighted by atomic mass is 10.0. The summed E-state index contributed by atoms with van der Waals surface area (Å²) < 4.78 is 5.46. The van der Waals surface area contributed by atoms with Gasteiger partial charge in [-0.1, -0.05) is 85.3 Å². The highest BCUT2D eigenvalue weighted by Crippen LogP contribution is 2.26. The molecule has 31 heavy (non-hydrogen) atoms. The lowest BCUT2D eigenvalue weighted by molar-refractivity contribution is -0.130. The molecule has 0 aliphatic carbocycles. The van der Waals surface area contributed by atoms with E-state index in [0.717, 1.165) is 21.7 Å².